The number of aryl methyl sites for hydroxylation is 1. The molecule has 3 heterocycles. The summed E-state index contributed by atoms with van der Waals surface area (Å²) in [6, 6.07) is 8.46. The van der Waals surface area contributed by atoms with Gasteiger partial charge < -0.3 is 19.9 Å². The van der Waals surface area contributed by atoms with Gasteiger partial charge in [-0.1, -0.05) is 23.7 Å². The molecule has 9 nitrogen and oxygen atoms in total. The van der Waals surface area contributed by atoms with Crippen LogP contribution in [0.5, 0.6) is 5.75 Å². The standard InChI is InChI=1S/C28H31ClN4O5/c1-16-22(29)12-19(13-24(16)38-20-9-10-32(2)15-20)30-25(34)7-4-17-3-5-18-14-33(28(37)21(18)11-17)23-6-8-26(35)31-27(23)36/h3,5,11-13,20,23H,4,6-10,14-15H2,1-2H3,(H,30,34)(H,31,35,36). The van der Waals surface area contributed by atoms with Crippen molar-refractivity contribution in [1.82, 2.24) is 15.1 Å². The maximum atomic E-state index is 13.0. The number of hydrogen-bond acceptors (Lipinski definition) is 6. The van der Waals surface area contributed by atoms with Gasteiger partial charge in [-0.15, -0.1) is 0 Å². The fraction of sp³-hybridized carbons (Fsp3) is 0.429. The van der Waals surface area contributed by atoms with Gasteiger partial charge in [0, 0.05) is 60.4 Å². The molecule has 0 aromatic heterocycles. The number of rotatable bonds is 7. The van der Waals surface area contributed by atoms with Crippen LogP contribution in [0.1, 0.15) is 52.7 Å². The molecule has 2 saturated heterocycles. The largest absolute Gasteiger partial charge is 0.489 e. The first-order valence-electron chi connectivity index (χ1n) is 12.9. The van der Waals surface area contributed by atoms with Gasteiger partial charge in [-0.25, -0.2) is 0 Å². The summed E-state index contributed by atoms with van der Waals surface area (Å²) in [6.45, 7) is 4.06. The molecule has 38 heavy (non-hydrogen) atoms. The number of benzene rings is 2. The number of hydrogen-bond donors (Lipinski definition) is 2. The highest BCUT2D eigenvalue weighted by molar-refractivity contribution is 6.32. The number of carbonyl (C=O) groups is 4. The van der Waals surface area contributed by atoms with Crippen LogP contribution in [0.25, 0.3) is 0 Å². The lowest BCUT2D eigenvalue weighted by molar-refractivity contribution is -0.137. The van der Waals surface area contributed by atoms with Crippen LogP contribution in [0.15, 0.2) is 30.3 Å². The van der Waals surface area contributed by atoms with E-state index in [2.05, 4.69) is 22.6 Å². The van der Waals surface area contributed by atoms with E-state index in [9.17, 15) is 19.2 Å². The maximum Gasteiger partial charge on any atom is 0.255 e. The number of carbonyl (C=O) groups excluding carboxylic acids is 4. The van der Waals surface area contributed by atoms with Crippen molar-refractivity contribution in [3.8, 4) is 5.75 Å². The van der Waals surface area contributed by atoms with E-state index < -0.39 is 11.9 Å². The Morgan fingerprint density at radius 2 is 2.00 bits per heavy atom. The summed E-state index contributed by atoms with van der Waals surface area (Å²) in [5, 5.41) is 5.76. The van der Waals surface area contributed by atoms with Crippen LogP contribution in [0, 0.1) is 6.92 Å². The van der Waals surface area contributed by atoms with Crippen LogP contribution in [0.4, 0.5) is 5.69 Å². The Bertz CT molecular complexity index is 1310. The number of imide groups is 1. The number of halogens is 1. The third kappa shape index (κ3) is 5.54. The number of fused-ring (bicyclic) bond motifs is 1. The van der Waals surface area contributed by atoms with Gasteiger partial charge in [0.15, 0.2) is 0 Å². The third-order valence-electron chi connectivity index (χ3n) is 7.46. The number of ether oxygens (including phenoxy) is 1. The lowest BCUT2D eigenvalue weighted by Gasteiger charge is -2.29. The molecule has 2 aromatic rings. The maximum absolute atomic E-state index is 13.0. The number of nitrogens with one attached hydrogen (secondary N) is 2. The molecule has 3 aliphatic rings. The Hall–Kier alpha value is -3.43. The van der Waals surface area contributed by atoms with Crippen molar-refractivity contribution in [2.45, 2.75) is 57.7 Å². The number of likely N-dealkylation sites (tertiary alicyclic amines) is 1. The molecule has 5 rings (SSSR count). The lowest BCUT2D eigenvalue weighted by atomic mass is 10.0. The Morgan fingerprint density at radius 1 is 1.18 bits per heavy atom. The fourth-order valence-corrected chi connectivity index (χ4v) is 5.47. The zero-order valence-corrected chi connectivity index (χ0v) is 22.3. The summed E-state index contributed by atoms with van der Waals surface area (Å²) < 4.78 is 6.17. The smallest absolute Gasteiger partial charge is 0.255 e. The fourth-order valence-electron chi connectivity index (χ4n) is 5.26. The molecule has 2 fully saturated rings. The number of piperidine rings is 1. The summed E-state index contributed by atoms with van der Waals surface area (Å²) in [7, 11) is 2.06. The first-order valence-corrected chi connectivity index (χ1v) is 13.3. The highest BCUT2D eigenvalue weighted by Gasteiger charge is 2.39. The van der Waals surface area contributed by atoms with Crippen molar-refractivity contribution in [1.29, 1.82) is 0 Å². The quantitative estimate of drug-likeness (QED) is 0.525. The Balaban J connectivity index is 1.19. The molecule has 0 saturated carbocycles. The normalized spacial score (nSPS) is 21.4. The predicted molar refractivity (Wildman–Crippen MR) is 142 cm³/mol. The second-order valence-corrected chi connectivity index (χ2v) is 10.7. The third-order valence-corrected chi connectivity index (χ3v) is 7.85. The van der Waals surface area contributed by atoms with E-state index in [-0.39, 0.29) is 36.7 Å². The van der Waals surface area contributed by atoms with E-state index in [1.807, 2.05) is 25.1 Å². The molecule has 200 valence electrons. The number of nitrogens with zero attached hydrogens (tertiary/aromatic N) is 2. The molecule has 10 heteroatoms. The van der Waals surface area contributed by atoms with Crippen LogP contribution >= 0.6 is 11.6 Å². The minimum Gasteiger partial charge on any atom is -0.489 e. The van der Waals surface area contributed by atoms with E-state index in [0.29, 0.717) is 41.4 Å². The van der Waals surface area contributed by atoms with Gasteiger partial charge in [-0.2, -0.15) is 0 Å². The highest BCUT2D eigenvalue weighted by Crippen LogP contribution is 2.32. The molecule has 0 spiro atoms. The van der Waals surface area contributed by atoms with Gasteiger partial charge in [-0.05, 0) is 56.5 Å². The molecule has 2 aromatic carbocycles. The van der Waals surface area contributed by atoms with E-state index >= 15 is 0 Å². The van der Waals surface area contributed by atoms with E-state index in [1.54, 1.807) is 12.1 Å². The van der Waals surface area contributed by atoms with Crippen LogP contribution in [-0.4, -0.2) is 65.7 Å². The van der Waals surface area contributed by atoms with Crippen LogP contribution in [0.3, 0.4) is 0 Å². The molecule has 2 N–H and O–H groups in total. The summed E-state index contributed by atoms with van der Waals surface area (Å²) in [5.41, 5.74) is 3.65. The first kappa shape index (κ1) is 26.2. The average molecular weight is 539 g/mol. The lowest BCUT2D eigenvalue weighted by Crippen LogP contribution is -2.52. The average Bonchev–Trinajstić information content (AvgIpc) is 3.43. The van der Waals surface area contributed by atoms with Gasteiger partial charge >= 0.3 is 0 Å². The molecule has 2 unspecified atom stereocenters. The Morgan fingerprint density at radius 3 is 2.74 bits per heavy atom. The predicted octanol–water partition coefficient (Wildman–Crippen LogP) is 3.06. The van der Waals surface area contributed by atoms with Crippen molar-refractivity contribution < 1.29 is 23.9 Å². The van der Waals surface area contributed by atoms with Gasteiger partial charge in [0.25, 0.3) is 5.91 Å². The number of likely N-dealkylation sites (N-methyl/N-ethyl adjacent to an activating group) is 1. The topological polar surface area (TPSA) is 108 Å². The zero-order valence-electron chi connectivity index (χ0n) is 21.5. The first-order chi connectivity index (χ1) is 18.2. The zero-order chi connectivity index (χ0) is 27.0. The molecule has 4 amide bonds. The minimum absolute atomic E-state index is 0.0918. The summed E-state index contributed by atoms with van der Waals surface area (Å²) >= 11 is 6.42. The molecular formula is C28H31ClN4O5. The van der Waals surface area contributed by atoms with Crippen LogP contribution in [-0.2, 0) is 27.3 Å². The van der Waals surface area contributed by atoms with Crippen molar-refractivity contribution >= 4 is 40.9 Å². The van der Waals surface area contributed by atoms with Crippen molar-refractivity contribution in [2.24, 2.45) is 0 Å². The summed E-state index contributed by atoms with van der Waals surface area (Å²) in [5.74, 6) is -0.468. The van der Waals surface area contributed by atoms with E-state index in [4.69, 9.17) is 16.3 Å². The summed E-state index contributed by atoms with van der Waals surface area (Å²) in [6.07, 6.45) is 2.24. The SMILES string of the molecule is Cc1c(Cl)cc(NC(=O)CCc2ccc3c(c2)C(=O)N(C2CCC(=O)NC2=O)C3)cc1OC1CCN(C)C1. The second-order valence-electron chi connectivity index (χ2n) is 10.3. The monoisotopic (exact) mass is 538 g/mol. The number of anilines is 1. The van der Waals surface area contributed by atoms with Crippen LogP contribution in [0.2, 0.25) is 5.02 Å². The Kier molecular flexibility index (Phi) is 7.40. The van der Waals surface area contributed by atoms with Crippen LogP contribution < -0.4 is 15.4 Å². The van der Waals surface area contributed by atoms with Crippen molar-refractivity contribution in [3.63, 3.8) is 0 Å². The second kappa shape index (κ2) is 10.7. The molecular weight excluding hydrogens is 508 g/mol. The molecule has 3 aliphatic heterocycles. The number of amides is 4. The van der Waals surface area contributed by atoms with Gasteiger partial charge in [0.05, 0.1) is 0 Å². The molecule has 0 aliphatic carbocycles. The Labute approximate surface area is 226 Å². The summed E-state index contributed by atoms with van der Waals surface area (Å²) in [4.78, 5) is 53.3. The van der Waals surface area contributed by atoms with E-state index in [0.717, 1.165) is 36.2 Å². The minimum atomic E-state index is -0.647. The molecule has 0 bridgehead atoms. The van der Waals surface area contributed by atoms with Gasteiger partial charge in [0.2, 0.25) is 17.7 Å². The van der Waals surface area contributed by atoms with Crippen molar-refractivity contribution in [2.75, 3.05) is 25.5 Å². The van der Waals surface area contributed by atoms with Crippen molar-refractivity contribution in [3.05, 3.63) is 57.6 Å². The van der Waals surface area contributed by atoms with Gasteiger partial charge in [0.1, 0.15) is 17.9 Å². The highest BCUT2D eigenvalue weighted by atomic mass is 35.5. The molecule has 2 atom stereocenters. The van der Waals surface area contributed by atoms with E-state index in [1.165, 1.54) is 4.90 Å². The molecule has 0 radical (unpaired) electrons. The van der Waals surface area contributed by atoms with Gasteiger partial charge in [-0.3, -0.25) is 24.5 Å².